The highest BCUT2D eigenvalue weighted by Crippen LogP contribution is 2.36. The van der Waals surface area contributed by atoms with E-state index in [1.54, 1.807) is 25.3 Å². The second-order valence-electron chi connectivity index (χ2n) is 6.55. The minimum Gasteiger partial charge on any atom is -0.493 e. The molecule has 0 saturated heterocycles. The molecule has 5 nitrogen and oxygen atoms in total. The minimum absolute atomic E-state index is 0.105. The van der Waals surface area contributed by atoms with Crippen molar-refractivity contribution < 1.29 is 18.7 Å². The number of nitrogens with zero attached hydrogens (tertiary/aromatic N) is 1. The molecule has 0 heterocycles. The zero-order chi connectivity index (χ0) is 22.2. The number of rotatable bonds is 8. The van der Waals surface area contributed by atoms with Crippen molar-refractivity contribution in [2.24, 2.45) is 5.10 Å². The van der Waals surface area contributed by atoms with Crippen LogP contribution in [-0.4, -0.2) is 19.2 Å². The maximum Gasteiger partial charge on any atom is 0.244 e. The number of carbonyl (C=O) groups excluding carboxylic acids is 1. The Morgan fingerprint density at radius 3 is 2.42 bits per heavy atom. The normalized spacial score (nSPS) is 10.8. The molecule has 1 amide bonds. The minimum atomic E-state index is -0.342. The molecule has 3 aromatic carbocycles. The van der Waals surface area contributed by atoms with Crippen molar-refractivity contribution in [1.29, 1.82) is 0 Å². The summed E-state index contributed by atoms with van der Waals surface area (Å²) in [5.74, 6) is 0.461. The predicted octanol–water partition coefficient (Wildman–Crippen LogP) is 5.63. The van der Waals surface area contributed by atoms with Gasteiger partial charge >= 0.3 is 0 Å². The summed E-state index contributed by atoms with van der Waals surface area (Å²) in [5.41, 5.74) is 4.89. The van der Waals surface area contributed by atoms with Crippen molar-refractivity contribution in [2.45, 2.75) is 13.0 Å². The molecule has 0 saturated carbocycles. The fraction of sp³-hybridized carbons (Fsp3) is 0.130. The van der Waals surface area contributed by atoms with Crippen molar-refractivity contribution in [3.8, 4) is 11.5 Å². The average molecular weight is 550 g/mol. The number of benzene rings is 3. The van der Waals surface area contributed by atoms with Crippen LogP contribution in [0.25, 0.3) is 0 Å². The van der Waals surface area contributed by atoms with Gasteiger partial charge in [0.1, 0.15) is 12.4 Å². The van der Waals surface area contributed by atoms with E-state index < -0.39 is 0 Å². The molecule has 0 atom stereocenters. The summed E-state index contributed by atoms with van der Waals surface area (Å²) >= 11 is 6.91. The van der Waals surface area contributed by atoms with Gasteiger partial charge in [0.15, 0.2) is 11.5 Å². The molecule has 3 rings (SSSR count). The lowest BCUT2D eigenvalue weighted by Gasteiger charge is -2.13. The van der Waals surface area contributed by atoms with Gasteiger partial charge in [0.25, 0.3) is 0 Å². The van der Waals surface area contributed by atoms with Crippen LogP contribution in [0, 0.1) is 5.82 Å². The third kappa shape index (κ3) is 6.90. The Morgan fingerprint density at radius 2 is 1.74 bits per heavy atom. The largest absolute Gasteiger partial charge is 0.493 e. The van der Waals surface area contributed by atoms with Gasteiger partial charge in [-0.15, -0.1) is 0 Å². The highest BCUT2D eigenvalue weighted by atomic mass is 79.9. The highest BCUT2D eigenvalue weighted by Gasteiger charge is 2.12. The lowest BCUT2D eigenvalue weighted by atomic mass is 10.1. The number of halogens is 3. The van der Waals surface area contributed by atoms with E-state index in [9.17, 15) is 9.18 Å². The van der Waals surface area contributed by atoms with Gasteiger partial charge in [0, 0.05) is 4.47 Å². The third-order valence-electron chi connectivity index (χ3n) is 4.23. The van der Waals surface area contributed by atoms with E-state index in [2.05, 4.69) is 42.4 Å². The smallest absolute Gasteiger partial charge is 0.244 e. The summed E-state index contributed by atoms with van der Waals surface area (Å²) in [7, 11) is 1.56. The summed E-state index contributed by atoms with van der Waals surface area (Å²) in [6.07, 6.45) is 1.61. The van der Waals surface area contributed by atoms with Gasteiger partial charge in [-0.3, -0.25) is 4.79 Å². The van der Waals surface area contributed by atoms with E-state index in [1.165, 1.54) is 18.3 Å². The predicted molar refractivity (Wildman–Crippen MR) is 125 cm³/mol. The summed E-state index contributed by atoms with van der Waals surface area (Å²) in [5, 5.41) is 3.98. The Kier molecular flexibility index (Phi) is 8.20. The lowest BCUT2D eigenvalue weighted by Crippen LogP contribution is -2.19. The van der Waals surface area contributed by atoms with E-state index in [0.29, 0.717) is 33.7 Å². The van der Waals surface area contributed by atoms with Crippen LogP contribution in [-0.2, 0) is 17.8 Å². The molecule has 0 aliphatic carbocycles. The first-order valence-electron chi connectivity index (χ1n) is 9.25. The lowest BCUT2D eigenvalue weighted by molar-refractivity contribution is -0.120. The van der Waals surface area contributed by atoms with Gasteiger partial charge in [0.05, 0.1) is 24.2 Å². The first kappa shape index (κ1) is 23.0. The number of amides is 1. The van der Waals surface area contributed by atoms with Crippen LogP contribution in [0.15, 0.2) is 74.7 Å². The summed E-state index contributed by atoms with van der Waals surface area (Å²) in [6.45, 7) is 0.384. The Morgan fingerprint density at radius 1 is 1.06 bits per heavy atom. The van der Waals surface area contributed by atoms with Gasteiger partial charge in [-0.2, -0.15) is 5.10 Å². The zero-order valence-electron chi connectivity index (χ0n) is 16.6. The molecule has 0 bridgehead atoms. The standard InChI is InChI=1S/C23H19Br2FN2O3/c1-30-21-11-17(13-27-28-22(29)12-15-4-8-19(26)9-5-15)10-20(25)23(21)31-14-16-2-6-18(24)7-3-16/h2-11,13H,12,14H2,1H3,(H,28,29)/b27-13+. The molecule has 1 N–H and O–H groups in total. The Balaban J connectivity index is 1.62. The third-order valence-corrected chi connectivity index (χ3v) is 5.35. The van der Waals surface area contributed by atoms with Crippen molar-refractivity contribution in [1.82, 2.24) is 5.43 Å². The SMILES string of the molecule is COc1cc(/C=N/NC(=O)Cc2ccc(F)cc2)cc(Br)c1OCc1ccc(Br)cc1. The van der Waals surface area contributed by atoms with Crippen LogP contribution < -0.4 is 14.9 Å². The quantitative estimate of drug-likeness (QED) is 0.292. The van der Waals surface area contributed by atoms with Crippen molar-refractivity contribution >= 4 is 44.0 Å². The van der Waals surface area contributed by atoms with Crippen molar-refractivity contribution in [3.63, 3.8) is 0 Å². The van der Waals surface area contributed by atoms with Crippen molar-refractivity contribution in [2.75, 3.05) is 7.11 Å². The van der Waals surface area contributed by atoms with Crippen LogP contribution in [0.4, 0.5) is 4.39 Å². The van der Waals surface area contributed by atoms with Crippen molar-refractivity contribution in [3.05, 3.63) is 92.1 Å². The van der Waals surface area contributed by atoms with E-state index in [-0.39, 0.29) is 18.1 Å². The molecule has 160 valence electrons. The molecular formula is C23H19Br2FN2O3. The number of hydrogen-bond donors (Lipinski definition) is 1. The number of hydrogen-bond acceptors (Lipinski definition) is 4. The van der Waals surface area contributed by atoms with Crippen LogP contribution >= 0.6 is 31.9 Å². The topological polar surface area (TPSA) is 59.9 Å². The number of carbonyl (C=O) groups is 1. The number of hydrazone groups is 1. The molecule has 31 heavy (non-hydrogen) atoms. The highest BCUT2D eigenvalue weighted by molar-refractivity contribution is 9.10. The number of methoxy groups -OCH3 is 1. The maximum atomic E-state index is 12.9. The molecule has 0 aromatic heterocycles. The van der Waals surface area contributed by atoms with Gasteiger partial charge in [-0.05, 0) is 69.0 Å². The van der Waals surface area contributed by atoms with Crippen LogP contribution in [0.2, 0.25) is 0 Å². The molecule has 0 aliphatic rings. The van der Waals surface area contributed by atoms with Crippen LogP contribution in [0.5, 0.6) is 11.5 Å². The van der Waals surface area contributed by atoms with Gasteiger partial charge in [0.2, 0.25) is 5.91 Å². The van der Waals surface area contributed by atoms with E-state index in [0.717, 1.165) is 10.0 Å². The monoisotopic (exact) mass is 548 g/mol. The Hall–Kier alpha value is -2.71. The van der Waals surface area contributed by atoms with Gasteiger partial charge in [-0.1, -0.05) is 40.2 Å². The summed E-state index contributed by atoms with van der Waals surface area (Å²) in [6, 6.07) is 17.2. The van der Waals surface area contributed by atoms with Gasteiger partial charge < -0.3 is 9.47 Å². The van der Waals surface area contributed by atoms with E-state index in [1.807, 2.05) is 30.3 Å². The fourth-order valence-corrected chi connectivity index (χ4v) is 3.54. The molecule has 0 fully saturated rings. The van der Waals surface area contributed by atoms with Gasteiger partial charge in [-0.25, -0.2) is 9.82 Å². The molecule has 3 aromatic rings. The Labute approximate surface area is 196 Å². The average Bonchev–Trinajstić information content (AvgIpc) is 2.75. The first-order chi connectivity index (χ1) is 14.9. The number of ether oxygens (including phenoxy) is 2. The molecule has 0 spiro atoms. The van der Waals surface area contributed by atoms with Crippen LogP contribution in [0.3, 0.4) is 0 Å². The van der Waals surface area contributed by atoms with E-state index >= 15 is 0 Å². The molecule has 0 radical (unpaired) electrons. The fourth-order valence-electron chi connectivity index (χ4n) is 2.70. The van der Waals surface area contributed by atoms with E-state index in [4.69, 9.17) is 9.47 Å². The molecule has 8 heteroatoms. The Bertz CT molecular complexity index is 1070. The molecular weight excluding hydrogens is 531 g/mol. The molecule has 0 aliphatic heterocycles. The molecule has 0 unspecified atom stereocenters. The van der Waals surface area contributed by atoms with Crippen LogP contribution in [0.1, 0.15) is 16.7 Å². The zero-order valence-corrected chi connectivity index (χ0v) is 19.7. The first-order valence-corrected chi connectivity index (χ1v) is 10.8. The summed E-state index contributed by atoms with van der Waals surface area (Å²) < 4.78 is 26.0. The maximum absolute atomic E-state index is 12.9. The second kappa shape index (κ2) is 11.1. The number of nitrogens with one attached hydrogen (secondary N) is 1. The summed E-state index contributed by atoms with van der Waals surface area (Å²) in [4.78, 5) is 12.0. The second-order valence-corrected chi connectivity index (χ2v) is 8.32.